The van der Waals surface area contributed by atoms with E-state index in [1.807, 2.05) is 6.20 Å². The summed E-state index contributed by atoms with van der Waals surface area (Å²) in [7, 11) is -0.277. The van der Waals surface area contributed by atoms with E-state index in [0.717, 1.165) is 54.6 Å². The molecule has 4 unspecified atom stereocenters. The monoisotopic (exact) mass is 568 g/mol. The molecule has 1 N–H and O–H groups in total. The molecule has 4 saturated carbocycles. The molecule has 5 fully saturated rings. The van der Waals surface area contributed by atoms with Gasteiger partial charge in [-0.3, -0.25) is 0 Å². The standard InChI is InChI=1S/C33H52N2O4Si/c1-20(2)40(21(3)4,22(5)6)35-12-11-26-30(27(37-7)19-34-32(26)35)31(36)29-24-14-23-15-25(29)18-33(16-23,17-24)39-28-10-8-9-13-38-28/h11-12,19-25,28-29,31,36H,8-10,13-18H2,1-7H3. The van der Waals surface area contributed by atoms with Crippen molar-refractivity contribution in [2.75, 3.05) is 13.7 Å². The van der Waals surface area contributed by atoms with Gasteiger partial charge >= 0.3 is 0 Å². The Kier molecular flexibility index (Phi) is 7.67. The van der Waals surface area contributed by atoms with Crippen LogP contribution in [0.5, 0.6) is 5.75 Å². The maximum absolute atomic E-state index is 12.3. The van der Waals surface area contributed by atoms with Crippen LogP contribution in [0, 0.1) is 23.7 Å². The Labute approximate surface area is 242 Å². The molecule has 3 heterocycles. The average Bonchev–Trinajstić information content (AvgIpc) is 3.31. The minimum Gasteiger partial charge on any atom is -0.495 e. The summed E-state index contributed by atoms with van der Waals surface area (Å²) in [5.41, 5.74) is 3.61. The van der Waals surface area contributed by atoms with E-state index >= 15 is 0 Å². The highest BCUT2D eigenvalue weighted by molar-refractivity contribution is 6.82. The normalized spacial score (nSPS) is 33.0. The zero-order valence-corrected chi connectivity index (χ0v) is 26.9. The first-order valence-corrected chi connectivity index (χ1v) is 18.3. The third-order valence-electron chi connectivity index (χ3n) is 11.6. The first kappa shape index (κ1) is 28.7. The van der Waals surface area contributed by atoms with Gasteiger partial charge in [-0.1, -0.05) is 41.5 Å². The summed E-state index contributed by atoms with van der Waals surface area (Å²) in [6.07, 6.45) is 12.6. The predicted octanol–water partition coefficient (Wildman–Crippen LogP) is 7.84. The minimum atomic E-state index is -1.99. The van der Waals surface area contributed by atoms with Crippen molar-refractivity contribution in [2.24, 2.45) is 23.7 Å². The molecule has 2 aromatic heterocycles. The van der Waals surface area contributed by atoms with E-state index in [1.54, 1.807) is 7.11 Å². The highest BCUT2D eigenvalue weighted by Crippen LogP contribution is 2.63. The first-order chi connectivity index (χ1) is 19.1. The lowest BCUT2D eigenvalue weighted by atomic mass is 9.48. The van der Waals surface area contributed by atoms with Gasteiger partial charge in [0.15, 0.2) is 14.5 Å². The van der Waals surface area contributed by atoms with Crippen LogP contribution in [0.3, 0.4) is 0 Å². The van der Waals surface area contributed by atoms with Crippen LogP contribution in [0.1, 0.15) is 105 Å². The lowest BCUT2D eigenvalue weighted by Gasteiger charge is -2.61. The number of hydrogen-bond acceptors (Lipinski definition) is 5. The van der Waals surface area contributed by atoms with Gasteiger partial charge in [-0.15, -0.1) is 0 Å². The van der Waals surface area contributed by atoms with Crippen LogP contribution < -0.4 is 4.74 Å². The Morgan fingerprint density at radius 3 is 2.27 bits per heavy atom. The molecule has 4 aliphatic carbocycles. The fraction of sp³-hybridized carbons (Fsp3) is 0.788. The van der Waals surface area contributed by atoms with Crippen molar-refractivity contribution in [3.63, 3.8) is 0 Å². The summed E-state index contributed by atoms with van der Waals surface area (Å²) in [5, 5.41) is 13.4. The molecule has 1 aliphatic heterocycles. The molecule has 1 saturated heterocycles. The van der Waals surface area contributed by atoms with Crippen LogP contribution in [0.2, 0.25) is 16.6 Å². The van der Waals surface area contributed by atoms with E-state index in [1.165, 1.54) is 25.7 Å². The Bertz CT molecular complexity index is 1160. The van der Waals surface area contributed by atoms with Crippen LogP contribution in [0.25, 0.3) is 11.0 Å². The molecule has 40 heavy (non-hydrogen) atoms. The van der Waals surface area contributed by atoms with Crippen molar-refractivity contribution in [3.8, 4) is 5.75 Å². The van der Waals surface area contributed by atoms with Gasteiger partial charge in [0.2, 0.25) is 0 Å². The molecule has 7 rings (SSSR count). The predicted molar refractivity (Wildman–Crippen MR) is 162 cm³/mol. The molecule has 7 heteroatoms. The number of fused-ring (bicyclic) bond motifs is 1. The van der Waals surface area contributed by atoms with Gasteiger partial charge in [0.25, 0.3) is 0 Å². The summed E-state index contributed by atoms with van der Waals surface area (Å²) < 4.78 is 21.3. The molecule has 4 bridgehead atoms. The Hall–Kier alpha value is -1.41. The number of methoxy groups -OCH3 is 1. The second kappa shape index (κ2) is 10.7. The second-order valence-electron chi connectivity index (χ2n) is 14.6. The maximum atomic E-state index is 12.3. The number of hydrogen-bond donors (Lipinski definition) is 1. The molecule has 4 atom stereocenters. The summed E-state index contributed by atoms with van der Waals surface area (Å²) in [4.78, 5) is 5.01. The Balaban J connectivity index is 1.36. The summed E-state index contributed by atoms with van der Waals surface area (Å²) in [6, 6.07) is 2.22. The number of rotatable bonds is 9. The van der Waals surface area contributed by atoms with Crippen LogP contribution in [0.15, 0.2) is 18.5 Å². The molecule has 0 radical (unpaired) electrons. The third-order valence-corrected chi connectivity index (χ3v) is 18.3. The number of aliphatic hydroxyl groups is 1. The minimum absolute atomic E-state index is 0.0413. The van der Waals surface area contributed by atoms with Gasteiger partial charge < -0.3 is 23.5 Å². The molecule has 0 amide bonds. The molecule has 0 aromatic carbocycles. The number of pyridine rings is 1. The number of aromatic nitrogens is 2. The largest absolute Gasteiger partial charge is 0.495 e. The van der Waals surface area contributed by atoms with Crippen molar-refractivity contribution >= 4 is 19.3 Å². The van der Waals surface area contributed by atoms with Crippen molar-refractivity contribution in [1.29, 1.82) is 0 Å². The first-order valence-electron chi connectivity index (χ1n) is 16.1. The van der Waals surface area contributed by atoms with E-state index in [0.29, 0.717) is 34.4 Å². The van der Waals surface area contributed by atoms with Crippen molar-refractivity contribution in [3.05, 3.63) is 24.0 Å². The summed E-state index contributed by atoms with van der Waals surface area (Å²) in [6.45, 7) is 15.2. The fourth-order valence-corrected chi connectivity index (χ4v) is 17.2. The van der Waals surface area contributed by atoms with Crippen molar-refractivity contribution in [2.45, 2.75) is 128 Å². The van der Waals surface area contributed by atoms with Gasteiger partial charge in [-0.2, -0.15) is 0 Å². The lowest BCUT2D eigenvalue weighted by molar-refractivity contribution is -0.277. The van der Waals surface area contributed by atoms with E-state index in [2.05, 4.69) is 58.0 Å². The third kappa shape index (κ3) is 4.40. The van der Waals surface area contributed by atoms with Gasteiger partial charge in [0, 0.05) is 17.6 Å². The number of nitrogens with zero attached hydrogens (tertiary/aromatic N) is 2. The average molecular weight is 569 g/mol. The highest BCUT2D eigenvalue weighted by Gasteiger charge is 2.58. The highest BCUT2D eigenvalue weighted by atomic mass is 28.3. The van der Waals surface area contributed by atoms with Crippen molar-refractivity contribution < 1.29 is 19.3 Å². The topological polar surface area (TPSA) is 65.7 Å². The lowest BCUT2D eigenvalue weighted by Crippen LogP contribution is -2.58. The Morgan fingerprint density at radius 2 is 1.70 bits per heavy atom. The zero-order chi connectivity index (χ0) is 28.4. The molecule has 222 valence electrons. The quantitative estimate of drug-likeness (QED) is 0.312. The summed E-state index contributed by atoms with van der Waals surface area (Å²) >= 11 is 0. The SMILES string of the molecule is COc1cnc2c(ccn2[Si](C(C)C)(C(C)C)C(C)C)c1C(O)C1C2CC3CC1CC(OC1CCCCO1)(C3)C2. The van der Waals surface area contributed by atoms with Crippen LogP contribution in [-0.2, 0) is 9.47 Å². The van der Waals surface area contributed by atoms with Gasteiger partial charge in [-0.05, 0) is 104 Å². The van der Waals surface area contributed by atoms with E-state index in [-0.39, 0.29) is 17.8 Å². The second-order valence-corrected chi connectivity index (χ2v) is 20.3. The molecular formula is C33H52N2O4Si. The van der Waals surface area contributed by atoms with Gasteiger partial charge in [0.1, 0.15) is 11.4 Å². The molecule has 0 spiro atoms. The zero-order valence-electron chi connectivity index (χ0n) is 25.9. The van der Waals surface area contributed by atoms with Gasteiger partial charge in [0.05, 0.1) is 25.0 Å². The molecule has 6 nitrogen and oxygen atoms in total. The molecule has 5 aliphatic rings. The maximum Gasteiger partial charge on any atom is 0.171 e. The van der Waals surface area contributed by atoms with E-state index in [9.17, 15) is 5.11 Å². The number of aliphatic hydroxyl groups excluding tert-OH is 1. The van der Waals surface area contributed by atoms with Crippen molar-refractivity contribution in [1.82, 2.24) is 9.22 Å². The molecule has 2 aromatic rings. The van der Waals surface area contributed by atoms with Crippen LogP contribution >= 0.6 is 0 Å². The molecular weight excluding hydrogens is 516 g/mol. The summed E-state index contributed by atoms with van der Waals surface area (Å²) in [5.74, 6) is 2.59. The van der Waals surface area contributed by atoms with E-state index < -0.39 is 14.3 Å². The smallest absolute Gasteiger partial charge is 0.171 e. The van der Waals surface area contributed by atoms with Crippen LogP contribution in [0.4, 0.5) is 0 Å². The Morgan fingerprint density at radius 1 is 1.02 bits per heavy atom. The fourth-order valence-electron chi connectivity index (χ4n) is 10.6. The van der Waals surface area contributed by atoms with E-state index in [4.69, 9.17) is 19.2 Å². The van der Waals surface area contributed by atoms with Crippen LogP contribution in [-0.4, -0.2) is 48.2 Å². The number of ether oxygens (including phenoxy) is 3. The van der Waals surface area contributed by atoms with Gasteiger partial charge in [-0.25, -0.2) is 4.98 Å².